The average molecular weight is 322 g/mol. The summed E-state index contributed by atoms with van der Waals surface area (Å²) in [5.74, 6) is -1.39. The number of non-ortho nitro benzene ring substituents is 1. The Morgan fingerprint density at radius 1 is 1.36 bits per heavy atom. The maximum absolute atomic E-state index is 12.1. The molecule has 8 heteroatoms. The molecule has 0 atom stereocenters. The molecule has 1 aromatic carbocycles. The van der Waals surface area contributed by atoms with Crippen LogP contribution in [0, 0.1) is 15.5 Å². The highest BCUT2D eigenvalue weighted by Crippen LogP contribution is 2.29. The Morgan fingerprint density at radius 2 is 2.05 bits per heavy atom. The van der Waals surface area contributed by atoms with Crippen molar-refractivity contribution in [3.63, 3.8) is 0 Å². The van der Waals surface area contributed by atoms with E-state index in [0.29, 0.717) is 10.3 Å². The zero-order chi connectivity index (χ0) is 16.5. The second-order valence-corrected chi connectivity index (χ2v) is 6.55. The largest absolute Gasteiger partial charge is 0.481 e. The molecule has 1 aromatic heterocycles. The van der Waals surface area contributed by atoms with E-state index in [9.17, 15) is 19.7 Å². The zero-order valence-corrected chi connectivity index (χ0v) is 12.8. The quantitative estimate of drug-likeness (QED) is 0.649. The number of hydrogen-bond acceptors (Lipinski definition) is 5. The highest BCUT2D eigenvalue weighted by molar-refractivity contribution is 7.20. The van der Waals surface area contributed by atoms with Crippen LogP contribution in [-0.4, -0.2) is 28.5 Å². The summed E-state index contributed by atoms with van der Waals surface area (Å²) in [6.45, 7) is 3.03. The van der Waals surface area contributed by atoms with Crippen LogP contribution in [0.2, 0.25) is 0 Å². The van der Waals surface area contributed by atoms with Gasteiger partial charge in [0.1, 0.15) is 0 Å². The van der Waals surface area contributed by atoms with Crippen molar-refractivity contribution >= 4 is 39.0 Å². The molecule has 0 fully saturated rings. The van der Waals surface area contributed by atoms with E-state index in [1.54, 1.807) is 12.1 Å². The minimum atomic E-state index is -1.06. The van der Waals surface area contributed by atoms with Crippen molar-refractivity contribution in [3.05, 3.63) is 39.3 Å². The van der Waals surface area contributed by atoms with Gasteiger partial charge in [-0.05, 0) is 26.0 Å². The maximum atomic E-state index is 12.1. The molecule has 0 spiro atoms. The summed E-state index contributed by atoms with van der Waals surface area (Å²) < 4.78 is 0.758. The van der Waals surface area contributed by atoms with Crippen molar-refractivity contribution in [1.82, 2.24) is 5.32 Å². The van der Waals surface area contributed by atoms with Crippen molar-refractivity contribution in [1.29, 1.82) is 0 Å². The molecule has 1 heterocycles. The summed E-state index contributed by atoms with van der Waals surface area (Å²) >= 11 is 1.20. The molecule has 2 rings (SSSR count). The van der Waals surface area contributed by atoms with Crippen molar-refractivity contribution < 1.29 is 19.6 Å². The standard InChI is InChI=1S/C14H14N2O5S/c1-14(2,13(18)19)7-15-12(17)11-6-8-5-9(16(20)21)3-4-10(8)22-11/h3-6H,7H2,1-2H3,(H,15,17)(H,18,19). The number of rotatable bonds is 5. The average Bonchev–Trinajstić information content (AvgIpc) is 2.87. The highest BCUT2D eigenvalue weighted by Gasteiger charge is 2.28. The number of nitro groups is 1. The number of nitro benzene ring substituents is 1. The summed E-state index contributed by atoms with van der Waals surface area (Å²) in [6, 6.07) is 5.95. The van der Waals surface area contributed by atoms with Gasteiger partial charge in [-0.3, -0.25) is 19.7 Å². The molecule has 7 nitrogen and oxygen atoms in total. The van der Waals surface area contributed by atoms with Gasteiger partial charge in [-0.1, -0.05) is 0 Å². The molecule has 116 valence electrons. The van der Waals surface area contributed by atoms with Gasteiger partial charge in [0.15, 0.2) is 0 Å². The van der Waals surface area contributed by atoms with E-state index < -0.39 is 22.2 Å². The Bertz CT molecular complexity index is 766. The fourth-order valence-corrected chi connectivity index (χ4v) is 2.68. The van der Waals surface area contributed by atoms with Gasteiger partial charge >= 0.3 is 5.97 Å². The van der Waals surface area contributed by atoms with Gasteiger partial charge in [0.05, 0.1) is 15.2 Å². The van der Waals surface area contributed by atoms with Crippen LogP contribution < -0.4 is 5.32 Å². The Balaban J connectivity index is 2.18. The van der Waals surface area contributed by atoms with Crippen molar-refractivity contribution in [2.45, 2.75) is 13.8 Å². The van der Waals surface area contributed by atoms with Crippen LogP contribution >= 0.6 is 11.3 Å². The monoisotopic (exact) mass is 322 g/mol. The molecule has 0 radical (unpaired) electrons. The van der Waals surface area contributed by atoms with E-state index in [4.69, 9.17) is 5.11 Å². The van der Waals surface area contributed by atoms with E-state index >= 15 is 0 Å². The molecule has 0 aliphatic rings. The smallest absolute Gasteiger partial charge is 0.310 e. The SMILES string of the molecule is CC(C)(CNC(=O)c1cc2cc([N+](=O)[O-])ccc2s1)C(=O)O. The molecular formula is C14H14N2O5S. The second kappa shape index (κ2) is 5.72. The number of carbonyl (C=O) groups is 2. The molecule has 0 aliphatic carbocycles. The summed E-state index contributed by atoms with van der Waals surface area (Å²) in [7, 11) is 0. The lowest BCUT2D eigenvalue weighted by atomic mass is 9.94. The number of benzene rings is 1. The van der Waals surface area contributed by atoms with E-state index in [2.05, 4.69) is 5.32 Å². The van der Waals surface area contributed by atoms with Crippen LogP contribution in [0.15, 0.2) is 24.3 Å². The molecule has 2 N–H and O–H groups in total. The Hall–Kier alpha value is -2.48. The molecule has 2 aromatic rings. The summed E-state index contributed by atoms with van der Waals surface area (Å²) in [4.78, 5) is 33.7. The van der Waals surface area contributed by atoms with Crippen molar-refractivity contribution in [3.8, 4) is 0 Å². The number of thiophene rings is 1. The fourth-order valence-electron chi connectivity index (χ4n) is 1.72. The minimum absolute atomic E-state index is 0.00441. The topological polar surface area (TPSA) is 110 Å². The predicted octanol–water partition coefficient (Wildman–Crippen LogP) is 2.65. The number of carboxylic acid groups (broad SMARTS) is 1. The first-order chi connectivity index (χ1) is 10.2. The van der Waals surface area contributed by atoms with Gasteiger partial charge in [0.2, 0.25) is 0 Å². The third kappa shape index (κ3) is 3.22. The Labute approximate surface area is 129 Å². The van der Waals surface area contributed by atoms with Crippen LogP contribution in [0.25, 0.3) is 10.1 Å². The number of amides is 1. The molecule has 0 saturated carbocycles. The van der Waals surface area contributed by atoms with Gasteiger partial charge in [0, 0.05) is 28.8 Å². The third-order valence-electron chi connectivity index (χ3n) is 3.20. The van der Waals surface area contributed by atoms with E-state index in [1.807, 2.05) is 0 Å². The van der Waals surface area contributed by atoms with E-state index in [0.717, 1.165) is 4.70 Å². The second-order valence-electron chi connectivity index (χ2n) is 5.46. The molecule has 0 saturated heterocycles. The lowest BCUT2D eigenvalue weighted by Gasteiger charge is -2.19. The van der Waals surface area contributed by atoms with Crippen LogP contribution in [-0.2, 0) is 4.79 Å². The van der Waals surface area contributed by atoms with Crippen LogP contribution in [0.3, 0.4) is 0 Å². The number of aliphatic carboxylic acids is 1. The molecule has 0 aliphatic heterocycles. The normalized spacial score (nSPS) is 11.4. The summed E-state index contributed by atoms with van der Waals surface area (Å²) in [5, 5.41) is 22.9. The van der Waals surface area contributed by atoms with Crippen LogP contribution in [0.1, 0.15) is 23.5 Å². The summed E-state index contributed by atoms with van der Waals surface area (Å²) in [6.07, 6.45) is 0. The third-order valence-corrected chi connectivity index (χ3v) is 4.32. The van der Waals surface area contributed by atoms with Crippen LogP contribution in [0.5, 0.6) is 0 Å². The lowest BCUT2D eigenvalue weighted by Crippen LogP contribution is -2.38. The first kappa shape index (κ1) is 15.9. The highest BCUT2D eigenvalue weighted by atomic mass is 32.1. The lowest BCUT2D eigenvalue weighted by molar-refractivity contribution is -0.384. The Kier molecular flexibility index (Phi) is 4.14. The number of carbonyl (C=O) groups excluding carboxylic acids is 1. The molecular weight excluding hydrogens is 308 g/mol. The number of hydrogen-bond donors (Lipinski definition) is 2. The summed E-state index contributed by atoms with van der Waals surface area (Å²) in [5.41, 5.74) is -1.10. The maximum Gasteiger partial charge on any atom is 0.310 e. The first-order valence-electron chi connectivity index (χ1n) is 6.40. The van der Waals surface area contributed by atoms with Gasteiger partial charge in [-0.2, -0.15) is 0 Å². The molecule has 22 heavy (non-hydrogen) atoms. The fraction of sp³-hybridized carbons (Fsp3) is 0.286. The molecule has 1 amide bonds. The predicted molar refractivity (Wildman–Crippen MR) is 82.2 cm³/mol. The minimum Gasteiger partial charge on any atom is -0.481 e. The van der Waals surface area contributed by atoms with Gasteiger partial charge < -0.3 is 10.4 Å². The number of carboxylic acids is 1. The van der Waals surface area contributed by atoms with Gasteiger partial charge in [0.25, 0.3) is 11.6 Å². The molecule has 0 bridgehead atoms. The van der Waals surface area contributed by atoms with E-state index in [-0.39, 0.29) is 12.2 Å². The Morgan fingerprint density at radius 3 is 2.64 bits per heavy atom. The van der Waals surface area contributed by atoms with Crippen molar-refractivity contribution in [2.75, 3.05) is 6.54 Å². The van der Waals surface area contributed by atoms with Crippen LogP contribution in [0.4, 0.5) is 5.69 Å². The number of nitrogens with one attached hydrogen (secondary N) is 1. The van der Waals surface area contributed by atoms with Gasteiger partial charge in [-0.15, -0.1) is 11.3 Å². The van der Waals surface area contributed by atoms with Gasteiger partial charge in [-0.25, -0.2) is 0 Å². The van der Waals surface area contributed by atoms with Crippen molar-refractivity contribution in [2.24, 2.45) is 5.41 Å². The zero-order valence-electron chi connectivity index (χ0n) is 12.0. The first-order valence-corrected chi connectivity index (χ1v) is 7.22. The van der Waals surface area contributed by atoms with E-state index in [1.165, 1.54) is 37.3 Å². The number of fused-ring (bicyclic) bond motifs is 1. The number of nitrogens with zero attached hydrogens (tertiary/aromatic N) is 1. The molecule has 0 unspecified atom stereocenters.